The van der Waals surface area contributed by atoms with Crippen LogP contribution in [0, 0.1) is 0 Å². The van der Waals surface area contributed by atoms with E-state index in [1.807, 2.05) is 0 Å². The summed E-state index contributed by atoms with van der Waals surface area (Å²) >= 11 is 0. The highest BCUT2D eigenvalue weighted by Gasteiger charge is 2.17. The van der Waals surface area contributed by atoms with Crippen LogP contribution >= 0.6 is 0 Å². The van der Waals surface area contributed by atoms with E-state index >= 15 is 0 Å². The maximum Gasteiger partial charge on any atom is 0.488 e. The van der Waals surface area contributed by atoms with Crippen molar-refractivity contribution in [1.29, 1.82) is 0 Å². The number of benzene rings is 2. The van der Waals surface area contributed by atoms with Crippen LogP contribution in [-0.2, 0) is 27.1 Å². The molecule has 3 rings (SSSR count). The van der Waals surface area contributed by atoms with Crippen molar-refractivity contribution in [3.05, 3.63) is 72.4 Å². The van der Waals surface area contributed by atoms with E-state index in [1.54, 1.807) is 6.07 Å². The Hall–Kier alpha value is -3.22. The zero-order chi connectivity index (χ0) is 21.8. The third-order valence-corrected chi connectivity index (χ3v) is 5.55. The van der Waals surface area contributed by atoms with Gasteiger partial charge < -0.3 is 14.6 Å². The number of sulfonamides is 1. The Morgan fingerprint density at radius 2 is 1.63 bits per heavy atom. The second-order valence-electron chi connectivity index (χ2n) is 5.93. The van der Waals surface area contributed by atoms with Crippen molar-refractivity contribution in [3.8, 4) is 5.75 Å². The largest absolute Gasteiger partial charge is 0.488 e. The molecule has 0 unspecified atom stereocenters. The maximum absolute atomic E-state index is 12.6. The number of hydrogen-bond donors (Lipinski definition) is 3. The first kappa shape index (κ1) is 21.5. The number of halogens is 1. The molecule has 3 N–H and O–H groups in total. The van der Waals surface area contributed by atoms with E-state index in [4.69, 9.17) is 5.11 Å². The zero-order valence-corrected chi connectivity index (χ0v) is 16.8. The van der Waals surface area contributed by atoms with Crippen LogP contribution in [0.5, 0.6) is 5.75 Å². The molecule has 0 spiro atoms. The minimum Gasteiger partial charge on any atom is -0.392 e. The summed E-state index contributed by atoms with van der Waals surface area (Å²) in [6.45, 7) is -0.203. The highest BCUT2D eigenvalue weighted by atomic mass is 32.3. The summed E-state index contributed by atoms with van der Waals surface area (Å²) in [6, 6.07) is 14.0. The van der Waals surface area contributed by atoms with E-state index in [2.05, 4.69) is 19.2 Å². The summed E-state index contributed by atoms with van der Waals surface area (Å²) in [5.41, 5.74) is 1.16. The molecular weight excluding hydrogens is 437 g/mol. The standard InChI is InChI=1S/C18H16FN3O6S2/c19-30(26,27)28-15-7-5-14(6-8-15)21-18-17(2-1-11-20-18)22-29(24,25)16-9-3-13(12-23)4-10-16/h1-11,22-23H,12H2,(H,20,21). The SMILES string of the molecule is O=S(=O)(F)Oc1ccc(Nc2ncccc2NS(=O)(=O)c2ccc(CO)cc2)cc1. The van der Waals surface area contributed by atoms with Crippen LogP contribution in [0.4, 0.5) is 21.1 Å². The highest BCUT2D eigenvalue weighted by molar-refractivity contribution is 7.92. The van der Waals surface area contributed by atoms with E-state index in [1.165, 1.54) is 60.8 Å². The fourth-order valence-electron chi connectivity index (χ4n) is 2.41. The molecule has 2 aromatic carbocycles. The third-order valence-electron chi connectivity index (χ3n) is 3.78. The molecule has 0 aliphatic heterocycles. The number of rotatable bonds is 8. The fraction of sp³-hybridized carbons (Fsp3) is 0.0556. The number of anilines is 3. The van der Waals surface area contributed by atoms with Gasteiger partial charge in [-0.25, -0.2) is 13.4 Å². The van der Waals surface area contributed by atoms with Gasteiger partial charge in [0.1, 0.15) is 5.75 Å². The Morgan fingerprint density at radius 3 is 2.23 bits per heavy atom. The topological polar surface area (TPSA) is 135 Å². The number of pyridine rings is 1. The molecule has 0 aliphatic carbocycles. The van der Waals surface area contributed by atoms with Crippen molar-refractivity contribution in [1.82, 2.24) is 4.98 Å². The lowest BCUT2D eigenvalue weighted by atomic mass is 10.2. The predicted molar refractivity (Wildman–Crippen MR) is 108 cm³/mol. The predicted octanol–water partition coefficient (Wildman–Crippen LogP) is 2.71. The van der Waals surface area contributed by atoms with Crippen LogP contribution in [0.15, 0.2) is 71.8 Å². The lowest BCUT2D eigenvalue weighted by Crippen LogP contribution is -2.14. The minimum absolute atomic E-state index is 0.00318. The first-order valence-corrected chi connectivity index (χ1v) is 11.1. The van der Waals surface area contributed by atoms with E-state index in [0.717, 1.165) is 0 Å². The first-order valence-electron chi connectivity index (χ1n) is 8.35. The number of hydrogen-bond acceptors (Lipinski definition) is 8. The smallest absolute Gasteiger partial charge is 0.392 e. The van der Waals surface area contributed by atoms with Crippen molar-refractivity contribution in [3.63, 3.8) is 0 Å². The number of aliphatic hydroxyl groups excluding tert-OH is 1. The molecule has 158 valence electrons. The monoisotopic (exact) mass is 453 g/mol. The van der Waals surface area contributed by atoms with Gasteiger partial charge in [0, 0.05) is 11.9 Å². The van der Waals surface area contributed by atoms with Crippen LogP contribution in [-0.4, -0.2) is 26.9 Å². The van der Waals surface area contributed by atoms with Gasteiger partial charge in [-0.05, 0) is 54.1 Å². The van der Waals surface area contributed by atoms with Gasteiger partial charge in [-0.3, -0.25) is 4.72 Å². The molecule has 1 heterocycles. The molecule has 0 atom stereocenters. The van der Waals surface area contributed by atoms with Crippen LogP contribution in [0.2, 0.25) is 0 Å². The number of nitrogens with zero attached hydrogens (tertiary/aromatic N) is 1. The zero-order valence-electron chi connectivity index (χ0n) is 15.2. The summed E-state index contributed by atoms with van der Waals surface area (Å²) in [7, 11) is -9.05. The molecule has 0 amide bonds. The average molecular weight is 453 g/mol. The van der Waals surface area contributed by atoms with Crippen LogP contribution in [0.1, 0.15) is 5.56 Å². The Balaban J connectivity index is 1.80. The van der Waals surface area contributed by atoms with Gasteiger partial charge in [-0.1, -0.05) is 16.0 Å². The van der Waals surface area contributed by atoms with Gasteiger partial charge in [0.05, 0.1) is 17.2 Å². The molecule has 0 saturated heterocycles. The summed E-state index contributed by atoms with van der Waals surface area (Å²) in [4.78, 5) is 4.11. The number of aromatic nitrogens is 1. The van der Waals surface area contributed by atoms with Gasteiger partial charge in [-0.2, -0.15) is 8.42 Å². The van der Waals surface area contributed by atoms with Gasteiger partial charge in [0.2, 0.25) is 0 Å². The molecule has 9 nitrogen and oxygen atoms in total. The Kier molecular flexibility index (Phi) is 6.20. The summed E-state index contributed by atoms with van der Waals surface area (Å²) in [6.07, 6.45) is 1.45. The van der Waals surface area contributed by atoms with Crippen molar-refractivity contribution in [2.24, 2.45) is 0 Å². The number of aliphatic hydroxyl groups is 1. The molecule has 0 bridgehead atoms. The molecule has 1 aromatic heterocycles. The number of nitrogens with one attached hydrogen (secondary N) is 2. The van der Waals surface area contributed by atoms with Crippen molar-refractivity contribution in [2.45, 2.75) is 11.5 Å². The average Bonchev–Trinajstić information content (AvgIpc) is 2.70. The van der Waals surface area contributed by atoms with E-state index in [0.29, 0.717) is 11.3 Å². The van der Waals surface area contributed by atoms with Crippen LogP contribution in [0.25, 0.3) is 0 Å². The Labute approximate surface area is 172 Å². The van der Waals surface area contributed by atoms with Gasteiger partial charge >= 0.3 is 10.5 Å². The quantitative estimate of drug-likeness (QED) is 0.443. The minimum atomic E-state index is -5.13. The molecule has 3 aromatic rings. The summed E-state index contributed by atoms with van der Waals surface area (Å²) in [5, 5.41) is 12.0. The van der Waals surface area contributed by atoms with Gasteiger partial charge in [-0.15, -0.1) is 0 Å². The van der Waals surface area contributed by atoms with E-state index in [9.17, 15) is 20.7 Å². The molecule has 0 saturated carbocycles. The van der Waals surface area contributed by atoms with Gasteiger partial charge in [0.15, 0.2) is 5.82 Å². The highest BCUT2D eigenvalue weighted by Crippen LogP contribution is 2.27. The summed E-state index contributed by atoms with van der Waals surface area (Å²) < 4.78 is 65.4. The first-order chi connectivity index (χ1) is 14.2. The van der Waals surface area contributed by atoms with Gasteiger partial charge in [0.25, 0.3) is 10.0 Å². The van der Waals surface area contributed by atoms with E-state index < -0.39 is 20.5 Å². The molecule has 30 heavy (non-hydrogen) atoms. The molecule has 0 aliphatic rings. The Bertz CT molecular complexity index is 1230. The molecule has 0 fully saturated rings. The lowest BCUT2D eigenvalue weighted by molar-refractivity contribution is 0.282. The fourth-order valence-corrected chi connectivity index (χ4v) is 3.82. The van der Waals surface area contributed by atoms with Crippen molar-refractivity contribution < 1.29 is 30.0 Å². The van der Waals surface area contributed by atoms with Crippen LogP contribution in [0.3, 0.4) is 0 Å². The maximum atomic E-state index is 12.6. The second-order valence-corrected chi connectivity index (χ2v) is 8.57. The molecule has 0 radical (unpaired) electrons. The van der Waals surface area contributed by atoms with E-state index in [-0.39, 0.29) is 28.8 Å². The third kappa shape index (κ3) is 5.65. The Morgan fingerprint density at radius 1 is 0.967 bits per heavy atom. The second kappa shape index (κ2) is 8.65. The van der Waals surface area contributed by atoms with Crippen molar-refractivity contribution in [2.75, 3.05) is 10.0 Å². The normalized spacial score (nSPS) is 11.7. The molecular formula is C18H16FN3O6S2. The molecule has 12 heteroatoms. The van der Waals surface area contributed by atoms with Crippen LogP contribution < -0.4 is 14.2 Å². The summed E-state index contributed by atoms with van der Waals surface area (Å²) in [5.74, 6) is -0.0452. The van der Waals surface area contributed by atoms with Crippen molar-refractivity contribution >= 4 is 37.7 Å². The lowest BCUT2D eigenvalue weighted by Gasteiger charge is -2.13.